The molecule has 0 N–H and O–H groups in total. The molecule has 5 heteroatoms. The van der Waals surface area contributed by atoms with Crippen molar-refractivity contribution in [2.45, 2.75) is 13.0 Å². The topological polar surface area (TPSA) is 62.6 Å². The van der Waals surface area contributed by atoms with E-state index in [-0.39, 0.29) is 12.5 Å². The van der Waals surface area contributed by atoms with Gasteiger partial charge < -0.3 is 14.4 Å². The van der Waals surface area contributed by atoms with Gasteiger partial charge in [0.15, 0.2) is 0 Å². The summed E-state index contributed by atoms with van der Waals surface area (Å²) in [6.07, 6.45) is 0. The first-order valence-corrected chi connectivity index (χ1v) is 4.35. The lowest BCUT2D eigenvalue weighted by Gasteiger charge is -2.18. The second-order valence-electron chi connectivity index (χ2n) is 2.86. The Labute approximate surface area is 84.2 Å². The van der Waals surface area contributed by atoms with Crippen LogP contribution in [-0.2, 0) is 14.3 Å². The van der Waals surface area contributed by atoms with Crippen molar-refractivity contribution in [3.63, 3.8) is 0 Å². The molecule has 0 aliphatic heterocycles. The monoisotopic (exact) mass is 200 g/mol. The van der Waals surface area contributed by atoms with E-state index in [0.29, 0.717) is 13.2 Å². The van der Waals surface area contributed by atoms with Gasteiger partial charge in [-0.15, -0.1) is 0 Å². The fraction of sp³-hybridized carbons (Fsp3) is 0.778. The molecule has 0 aromatic carbocycles. The minimum atomic E-state index is -0.423. The van der Waals surface area contributed by atoms with E-state index in [9.17, 15) is 4.79 Å². The summed E-state index contributed by atoms with van der Waals surface area (Å²) >= 11 is 0. The average molecular weight is 200 g/mol. The third-order valence-corrected chi connectivity index (χ3v) is 1.82. The van der Waals surface area contributed by atoms with Crippen molar-refractivity contribution in [1.29, 1.82) is 5.26 Å². The highest BCUT2D eigenvalue weighted by Gasteiger charge is 2.14. The van der Waals surface area contributed by atoms with Gasteiger partial charge in [-0.1, -0.05) is 0 Å². The largest absolute Gasteiger partial charge is 0.382 e. The number of amides is 1. The van der Waals surface area contributed by atoms with Gasteiger partial charge in [-0.25, -0.2) is 0 Å². The highest BCUT2D eigenvalue weighted by molar-refractivity contribution is 5.77. The summed E-state index contributed by atoms with van der Waals surface area (Å²) in [6.45, 7) is 2.50. The average Bonchev–Trinajstić information content (AvgIpc) is 2.21. The Bertz CT molecular complexity index is 213. The molecule has 5 nitrogen and oxygen atoms in total. The van der Waals surface area contributed by atoms with Crippen molar-refractivity contribution >= 4 is 5.91 Å². The predicted molar refractivity (Wildman–Crippen MR) is 50.5 cm³/mol. The van der Waals surface area contributed by atoms with Crippen LogP contribution >= 0.6 is 0 Å². The highest BCUT2D eigenvalue weighted by atomic mass is 16.5. The number of hydrogen-bond donors (Lipinski definition) is 0. The molecule has 1 atom stereocenters. The standard InChI is InChI=1S/C9H16N2O3/c1-8(6-10)11(2)9(12)7-14-5-4-13-3/h8H,4-5,7H2,1-3H3. The van der Waals surface area contributed by atoms with Crippen LogP contribution in [-0.4, -0.2) is 50.8 Å². The first-order chi connectivity index (χ1) is 6.63. The molecule has 0 bridgehead atoms. The zero-order valence-electron chi connectivity index (χ0n) is 8.82. The SMILES string of the molecule is COCCOCC(=O)N(C)C(C)C#N. The highest BCUT2D eigenvalue weighted by Crippen LogP contribution is 1.94. The Hall–Kier alpha value is -1.12. The molecule has 0 spiro atoms. The van der Waals surface area contributed by atoms with E-state index in [1.54, 1.807) is 21.1 Å². The summed E-state index contributed by atoms with van der Waals surface area (Å²) < 4.78 is 9.78. The Morgan fingerprint density at radius 1 is 1.57 bits per heavy atom. The number of nitriles is 1. The van der Waals surface area contributed by atoms with Crippen molar-refractivity contribution < 1.29 is 14.3 Å². The van der Waals surface area contributed by atoms with Crippen LogP contribution in [0.1, 0.15) is 6.92 Å². The number of rotatable bonds is 6. The van der Waals surface area contributed by atoms with Crippen LogP contribution in [0, 0.1) is 11.3 Å². The maximum atomic E-state index is 11.3. The lowest BCUT2D eigenvalue weighted by molar-refractivity contribution is -0.136. The summed E-state index contributed by atoms with van der Waals surface area (Å²) in [5, 5.41) is 8.56. The normalized spacial score (nSPS) is 11.9. The van der Waals surface area contributed by atoms with Crippen molar-refractivity contribution in [3.8, 4) is 6.07 Å². The van der Waals surface area contributed by atoms with Crippen LogP contribution in [0.5, 0.6) is 0 Å². The van der Waals surface area contributed by atoms with Gasteiger partial charge in [-0.2, -0.15) is 5.26 Å². The fourth-order valence-corrected chi connectivity index (χ4v) is 0.706. The van der Waals surface area contributed by atoms with E-state index >= 15 is 0 Å². The van der Waals surface area contributed by atoms with Crippen molar-refractivity contribution in [1.82, 2.24) is 4.90 Å². The Morgan fingerprint density at radius 3 is 2.71 bits per heavy atom. The molecular weight excluding hydrogens is 184 g/mol. The zero-order valence-corrected chi connectivity index (χ0v) is 8.82. The van der Waals surface area contributed by atoms with Gasteiger partial charge >= 0.3 is 0 Å². The number of likely N-dealkylation sites (N-methyl/N-ethyl adjacent to an activating group) is 1. The van der Waals surface area contributed by atoms with E-state index in [1.807, 2.05) is 6.07 Å². The molecule has 0 aliphatic rings. The van der Waals surface area contributed by atoms with Crippen molar-refractivity contribution in [3.05, 3.63) is 0 Å². The molecule has 1 amide bonds. The Morgan fingerprint density at radius 2 is 2.21 bits per heavy atom. The number of hydrogen-bond acceptors (Lipinski definition) is 4. The van der Waals surface area contributed by atoms with Crippen molar-refractivity contribution in [2.75, 3.05) is 34.0 Å². The predicted octanol–water partition coefficient (Wildman–Crippen LogP) is 0.0199. The second kappa shape index (κ2) is 7.30. The number of nitrogens with zero attached hydrogens (tertiary/aromatic N) is 2. The molecule has 0 saturated heterocycles. The van der Waals surface area contributed by atoms with Gasteiger partial charge in [-0.05, 0) is 6.92 Å². The molecule has 0 aliphatic carbocycles. The molecule has 0 heterocycles. The van der Waals surface area contributed by atoms with Crippen LogP contribution < -0.4 is 0 Å². The van der Waals surface area contributed by atoms with Gasteiger partial charge in [-0.3, -0.25) is 4.79 Å². The number of methoxy groups -OCH3 is 1. The molecule has 14 heavy (non-hydrogen) atoms. The fourth-order valence-electron chi connectivity index (χ4n) is 0.706. The third kappa shape index (κ3) is 4.80. The minimum Gasteiger partial charge on any atom is -0.382 e. The Kier molecular flexibility index (Phi) is 6.72. The van der Waals surface area contributed by atoms with Crippen molar-refractivity contribution in [2.24, 2.45) is 0 Å². The van der Waals surface area contributed by atoms with Gasteiger partial charge in [0.1, 0.15) is 12.6 Å². The minimum absolute atomic E-state index is 0.00806. The molecule has 0 fully saturated rings. The van der Waals surface area contributed by atoms with Crippen LogP contribution in [0.2, 0.25) is 0 Å². The lowest BCUT2D eigenvalue weighted by atomic mass is 10.3. The van der Waals surface area contributed by atoms with Gasteiger partial charge in [0.2, 0.25) is 5.91 Å². The van der Waals surface area contributed by atoms with E-state index in [4.69, 9.17) is 14.7 Å². The molecule has 0 saturated carbocycles. The second-order valence-corrected chi connectivity index (χ2v) is 2.86. The van der Waals surface area contributed by atoms with E-state index in [0.717, 1.165) is 0 Å². The molecule has 0 rings (SSSR count). The lowest BCUT2D eigenvalue weighted by Crippen LogP contribution is -2.36. The molecule has 0 radical (unpaired) electrons. The van der Waals surface area contributed by atoms with E-state index < -0.39 is 6.04 Å². The summed E-state index contributed by atoms with van der Waals surface area (Å²) in [6, 6.07) is 1.55. The number of carbonyl (C=O) groups excluding carboxylic acids is 1. The smallest absolute Gasteiger partial charge is 0.249 e. The summed E-state index contributed by atoms with van der Waals surface area (Å²) in [7, 11) is 3.14. The summed E-state index contributed by atoms with van der Waals surface area (Å²) in [5.41, 5.74) is 0. The number of carbonyl (C=O) groups is 1. The molecule has 1 unspecified atom stereocenters. The quantitative estimate of drug-likeness (QED) is 0.567. The van der Waals surface area contributed by atoms with Crippen LogP contribution in [0.15, 0.2) is 0 Å². The van der Waals surface area contributed by atoms with Crippen LogP contribution in [0.3, 0.4) is 0 Å². The van der Waals surface area contributed by atoms with Gasteiger partial charge in [0.25, 0.3) is 0 Å². The first-order valence-electron chi connectivity index (χ1n) is 4.35. The van der Waals surface area contributed by atoms with E-state index in [2.05, 4.69) is 0 Å². The summed E-state index contributed by atoms with van der Waals surface area (Å²) in [4.78, 5) is 12.7. The molecule has 0 aromatic rings. The zero-order chi connectivity index (χ0) is 11.0. The molecular formula is C9H16N2O3. The molecule has 0 aromatic heterocycles. The third-order valence-electron chi connectivity index (χ3n) is 1.82. The van der Waals surface area contributed by atoms with Gasteiger partial charge in [0, 0.05) is 14.2 Å². The van der Waals surface area contributed by atoms with Gasteiger partial charge in [0.05, 0.1) is 19.3 Å². The maximum absolute atomic E-state index is 11.3. The maximum Gasteiger partial charge on any atom is 0.249 e. The number of ether oxygens (including phenoxy) is 2. The molecule has 80 valence electrons. The Balaban J connectivity index is 3.69. The van der Waals surface area contributed by atoms with Crippen LogP contribution in [0.25, 0.3) is 0 Å². The first kappa shape index (κ1) is 12.9. The van der Waals surface area contributed by atoms with Crippen LogP contribution in [0.4, 0.5) is 0 Å². The summed E-state index contributed by atoms with van der Waals surface area (Å²) in [5.74, 6) is -0.199. The van der Waals surface area contributed by atoms with E-state index in [1.165, 1.54) is 4.90 Å².